The lowest BCUT2D eigenvalue weighted by molar-refractivity contribution is 0.0686. The monoisotopic (exact) mass is 266 g/mol. The van der Waals surface area contributed by atoms with Gasteiger partial charge in [0.2, 0.25) is 0 Å². The zero-order valence-corrected chi connectivity index (χ0v) is 10.9. The summed E-state index contributed by atoms with van der Waals surface area (Å²) in [6, 6.07) is 4.04. The minimum Gasteiger partial charge on any atom is -0.478 e. The van der Waals surface area contributed by atoms with Crippen LogP contribution in [-0.2, 0) is 11.3 Å². The van der Waals surface area contributed by atoms with Crippen LogP contribution in [0.3, 0.4) is 0 Å². The van der Waals surface area contributed by atoms with Crippen LogP contribution in [0.5, 0.6) is 0 Å². The van der Waals surface area contributed by atoms with Gasteiger partial charge in [0, 0.05) is 6.61 Å². The summed E-state index contributed by atoms with van der Waals surface area (Å²) in [6.07, 6.45) is 3.10. The highest BCUT2D eigenvalue weighted by atomic mass is 16.5. The molecule has 0 amide bonds. The molecule has 1 rings (SSSR count). The Morgan fingerprint density at radius 3 is 2.47 bits per heavy atom. The number of unbranched alkanes of at least 4 members (excludes halogenated alkanes) is 2. The summed E-state index contributed by atoms with van der Waals surface area (Å²) in [6.45, 7) is 2.85. The number of carboxylic acids is 2. The first kappa shape index (κ1) is 15.2. The topological polar surface area (TPSA) is 83.8 Å². The Labute approximate surface area is 111 Å². The fourth-order valence-corrected chi connectivity index (χ4v) is 1.67. The van der Waals surface area contributed by atoms with Gasteiger partial charge < -0.3 is 14.9 Å². The number of carbonyl (C=O) groups is 2. The maximum atomic E-state index is 11.1. The number of carboxylic acid groups (broad SMARTS) is 2. The zero-order valence-electron chi connectivity index (χ0n) is 10.9. The van der Waals surface area contributed by atoms with Crippen LogP contribution >= 0.6 is 0 Å². The lowest BCUT2D eigenvalue weighted by atomic mass is 10.0. The Morgan fingerprint density at radius 2 is 1.89 bits per heavy atom. The first-order valence-electron chi connectivity index (χ1n) is 6.23. The molecule has 2 N–H and O–H groups in total. The molecule has 0 radical (unpaired) electrons. The average molecular weight is 266 g/mol. The standard InChI is InChI=1S/C14H18O5/c1-2-3-4-7-19-9-11-6-5-10(13(15)16)8-12(11)14(17)18/h5-6,8H,2-4,7,9H2,1H3,(H,15,16)(H,17,18). The molecule has 0 heterocycles. The SMILES string of the molecule is CCCCCOCc1ccc(C(=O)O)cc1C(=O)O. The Hall–Kier alpha value is -1.88. The van der Waals surface area contributed by atoms with Gasteiger partial charge in [-0.15, -0.1) is 0 Å². The van der Waals surface area contributed by atoms with E-state index < -0.39 is 11.9 Å². The summed E-state index contributed by atoms with van der Waals surface area (Å²) in [7, 11) is 0. The number of hydrogen-bond donors (Lipinski definition) is 2. The van der Waals surface area contributed by atoms with E-state index in [-0.39, 0.29) is 17.7 Å². The van der Waals surface area contributed by atoms with Gasteiger partial charge >= 0.3 is 11.9 Å². The lowest BCUT2D eigenvalue weighted by Crippen LogP contribution is -2.08. The maximum Gasteiger partial charge on any atom is 0.336 e. The molecule has 5 nitrogen and oxygen atoms in total. The van der Waals surface area contributed by atoms with Crippen molar-refractivity contribution in [3.05, 3.63) is 34.9 Å². The molecule has 0 aliphatic rings. The number of ether oxygens (including phenoxy) is 1. The number of hydrogen-bond acceptors (Lipinski definition) is 3. The Kier molecular flexibility index (Phi) is 6.02. The highest BCUT2D eigenvalue weighted by Crippen LogP contribution is 2.14. The van der Waals surface area contributed by atoms with Gasteiger partial charge in [0.1, 0.15) is 0 Å². The first-order valence-corrected chi connectivity index (χ1v) is 6.23. The molecule has 0 aromatic heterocycles. The third-order valence-corrected chi connectivity index (χ3v) is 2.74. The second kappa shape index (κ2) is 7.53. The summed E-state index contributed by atoms with van der Waals surface area (Å²) in [5, 5.41) is 17.9. The lowest BCUT2D eigenvalue weighted by Gasteiger charge is -2.08. The summed E-state index contributed by atoms with van der Waals surface area (Å²) in [4.78, 5) is 21.9. The van der Waals surface area contributed by atoms with Crippen molar-refractivity contribution in [1.82, 2.24) is 0 Å². The highest BCUT2D eigenvalue weighted by Gasteiger charge is 2.13. The predicted molar refractivity (Wildman–Crippen MR) is 69.5 cm³/mol. The summed E-state index contributed by atoms with van der Waals surface area (Å²) in [5.74, 6) is -2.28. The minimum absolute atomic E-state index is 0.0182. The van der Waals surface area contributed by atoms with E-state index in [0.29, 0.717) is 12.2 Å². The molecule has 0 saturated carbocycles. The van der Waals surface area contributed by atoms with Crippen LogP contribution in [0, 0.1) is 0 Å². The number of benzene rings is 1. The minimum atomic E-state index is -1.14. The molecular formula is C14H18O5. The van der Waals surface area contributed by atoms with Gasteiger partial charge in [-0.3, -0.25) is 0 Å². The molecule has 0 spiro atoms. The fraction of sp³-hybridized carbons (Fsp3) is 0.429. The smallest absolute Gasteiger partial charge is 0.336 e. The molecule has 0 atom stereocenters. The molecular weight excluding hydrogens is 248 g/mol. The number of aromatic carboxylic acids is 2. The third kappa shape index (κ3) is 4.71. The molecule has 1 aromatic carbocycles. The van der Waals surface area contributed by atoms with Crippen LogP contribution in [0.2, 0.25) is 0 Å². The molecule has 1 aromatic rings. The number of rotatable bonds is 8. The van der Waals surface area contributed by atoms with Crippen molar-refractivity contribution in [1.29, 1.82) is 0 Å². The molecule has 0 aliphatic heterocycles. The van der Waals surface area contributed by atoms with Crippen LogP contribution in [0.4, 0.5) is 0 Å². The fourth-order valence-electron chi connectivity index (χ4n) is 1.67. The average Bonchev–Trinajstić information content (AvgIpc) is 2.38. The van der Waals surface area contributed by atoms with E-state index in [1.54, 1.807) is 0 Å². The molecule has 104 valence electrons. The van der Waals surface area contributed by atoms with Crippen molar-refractivity contribution in [3.8, 4) is 0 Å². The summed E-state index contributed by atoms with van der Waals surface area (Å²) < 4.78 is 5.40. The van der Waals surface area contributed by atoms with Crippen molar-refractivity contribution in [3.63, 3.8) is 0 Å². The van der Waals surface area contributed by atoms with E-state index in [1.807, 2.05) is 0 Å². The van der Waals surface area contributed by atoms with Crippen molar-refractivity contribution < 1.29 is 24.5 Å². The quantitative estimate of drug-likeness (QED) is 0.707. The van der Waals surface area contributed by atoms with Gasteiger partial charge in [0.15, 0.2) is 0 Å². The normalized spacial score (nSPS) is 10.4. The Morgan fingerprint density at radius 1 is 1.16 bits per heavy atom. The molecule has 0 unspecified atom stereocenters. The van der Waals surface area contributed by atoms with E-state index in [1.165, 1.54) is 12.1 Å². The molecule has 19 heavy (non-hydrogen) atoms. The van der Waals surface area contributed by atoms with E-state index >= 15 is 0 Å². The van der Waals surface area contributed by atoms with Crippen LogP contribution in [0.15, 0.2) is 18.2 Å². The second-order valence-corrected chi connectivity index (χ2v) is 4.24. The summed E-state index contributed by atoms with van der Waals surface area (Å²) >= 11 is 0. The van der Waals surface area contributed by atoms with Crippen LogP contribution in [-0.4, -0.2) is 28.8 Å². The van der Waals surface area contributed by atoms with Crippen LogP contribution < -0.4 is 0 Å². The molecule has 5 heteroatoms. The zero-order chi connectivity index (χ0) is 14.3. The molecule has 0 saturated heterocycles. The van der Waals surface area contributed by atoms with Crippen molar-refractivity contribution >= 4 is 11.9 Å². The molecule has 0 fully saturated rings. The maximum absolute atomic E-state index is 11.1. The largest absolute Gasteiger partial charge is 0.478 e. The van der Waals surface area contributed by atoms with Gasteiger partial charge in [-0.1, -0.05) is 25.8 Å². The van der Waals surface area contributed by atoms with Gasteiger partial charge in [0.25, 0.3) is 0 Å². The van der Waals surface area contributed by atoms with E-state index in [9.17, 15) is 9.59 Å². The Bertz CT molecular complexity index is 453. The molecule has 0 bridgehead atoms. The van der Waals surface area contributed by atoms with Gasteiger partial charge in [0.05, 0.1) is 17.7 Å². The third-order valence-electron chi connectivity index (χ3n) is 2.74. The van der Waals surface area contributed by atoms with E-state index in [0.717, 1.165) is 25.3 Å². The highest BCUT2D eigenvalue weighted by molar-refractivity contribution is 5.94. The summed E-state index contributed by atoms with van der Waals surface area (Å²) in [5.41, 5.74) is 0.441. The van der Waals surface area contributed by atoms with Crippen LogP contribution in [0.1, 0.15) is 52.5 Å². The second-order valence-electron chi connectivity index (χ2n) is 4.24. The van der Waals surface area contributed by atoms with Gasteiger partial charge in [-0.2, -0.15) is 0 Å². The van der Waals surface area contributed by atoms with Crippen molar-refractivity contribution in [2.75, 3.05) is 6.61 Å². The molecule has 0 aliphatic carbocycles. The van der Waals surface area contributed by atoms with Gasteiger partial charge in [-0.05, 0) is 24.1 Å². The Balaban J connectivity index is 2.71. The van der Waals surface area contributed by atoms with Gasteiger partial charge in [-0.25, -0.2) is 9.59 Å². The van der Waals surface area contributed by atoms with E-state index in [4.69, 9.17) is 14.9 Å². The van der Waals surface area contributed by atoms with Crippen molar-refractivity contribution in [2.24, 2.45) is 0 Å². The van der Waals surface area contributed by atoms with Crippen molar-refractivity contribution in [2.45, 2.75) is 32.8 Å². The first-order chi connectivity index (χ1) is 9.06. The predicted octanol–water partition coefficient (Wildman–Crippen LogP) is 2.79. The van der Waals surface area contributed by atoms with E-state index in [2.05, 4.69) is 6.92 Å². The van der Waals surface area contributed by atoms with Crippen LogP contribution in [0.25, 0.3) is 0 Å².